The predicted molar refractivity (Wildman–Crippen MR) is 64.7 cm³/mol. The Hall–Kier alpha value is 0.810. The second-order valence-corrected chi connectivity index (χ2v) is 5.06. The molecule has 0 nitrogen and oxygen atoms in total. The number of unbranched alkanes of at least 4 members (excludes halogenated alkanes) is 4. The molecule has 13 heavy (non-hydrogen) atoms. The highest BCUT2D eigenvalue weighted by atomic mass is 127. The summed E-state index contributed by atoms with van der Waals surface area (Å²) >= 11 is 3.99. The topological polar surface area (TPSA) is 0 Å². The Balaban J connectivity index is 3.60. The van der Waals surface area contributed by atoms with Gasteiger partial charge in [-0.15, -0.1) is 0 Å². The van der Waals surface area contributed by atoms with Crippen molar-refractivity contribution in [3.63, 3.8) is 0 Å². The highest BCUT2D eigenvalue weighted by molar-refractivity contribution is 14.1. The van der Waals surface area contributed by atoms with Gasteiger partial charge in [0.25, 0.3) is 0 Å². The van der Waals surface area contributed by atoms with Crippen LogP contribution in [0.2, 0.25) is 0 Å². The first-order chi connectivity index (χ1) is 5.98. The van der Waals surface area contributed by atoms with Gasteiger partial charge in [0.2, 0.25) is 0 Å². The Morgan fingerprint density at radius 2 is 2.00 bits per heavy atom. The number of allylic oxidation sites excluding steroid dienone is 2. The van der Waals surface area contributed by atoms with E-state index < -0.39 is 4.83 Å². The molecule has 0 radical (unpaired) electrons. The maximum atomic E-state index is 12.5. The van der Waals surface area contributed by atoms with Crippen molar-refractivity contribution < 1.29 is 8.78 Å². The van der Waals surface area contributed by atoms with Crippen molar-refractivity contribution in [3.05, 3.63) is 9.66 Å². The van der Waals surface area contributed by atoms with E-state index in [1.165, 1.54) is 12.8 Å². The van der Waals surface area contributed by atoms with Crippen LogP contribution in [0.4, 0.5) is 8.78 Å². The third-order valence-electron chi connectivity index (χ3n) is 1.65. The molecule has 0 aliphatic carbocycles. The SMILES string of the molecule is CCCCCCC=C(I)C(F)(F)Br. The summed E-state index contributed by atoms with van der Waals surface area (Å²) < 4.78 is 25.1. The molecule has 0 amide bonds. The Labute approximate surface area is 100 Å². The molecule has 0 saturated carbocycles. The maximum absolute atomic E-state index is 12.5. The lowest BCUT2D eigenvalue weighted by Gasteiger charge is -2.06. The zero-order chi connectivity index (χ0) is 10.3. The van der Waals surface area contributed by atoms with Gasteiger partial charge in [-0.3, -0.25) is 0 Å². The second kappa shape index (κ2) is 7.15. The number of hydrogen-bond donors (Lipinski definition) is 0. The summed E-state index contributed by atoms with van der Waals surface area (Å²) in [7, 11) is 0. The van der Waals surface area contributed by atoms with Gasteiger partial charge in [-0.1, -0.05) is 32.3 Å². The molecule has 0 atom stereocenters. The summed E-state index contributed by atoms with van der Waals surface area (Å²) in [5, 5.41) is 0. The van der Waals surface area contributed by atoms with Crippen LogP contribution in [0.3, 0.4) is 0 Å². The highest BCUT2D eigenvalue weighted by Crippen LogP contribution is 2.35. The van der Waals surface area contributed by atoms with E-state index in [4.69, 9.17) is 0 Å². The summed E-state index contributed by atoms with van der Waals surface area (Å²) in [6.45, 7) is 2.13. The molecular weight excluding hydrogens is 353 g/mol. The first kappa shape index (κ1) is 13.8. The third-order valence-corrected chi connectivity index (χ3v) is 3.94. The molecule has 0 aromatic heterocycles. The lowest BCUT2D eigenvalue weighted by Crippen LogP contribution is -2.03. The number of rotatable bonds is 6. The van der Waals surface area contributed by atoms with E-state index in [0.717, 1.165) is 19.3 Å². The molecular formula is C9H14BrF2I. The van der Waals surface area contributed by atoms with E-state index in [-0.39, 0.29) is 3.58 Å². The third kappa shape index (κ3) is 7.85. The van der Waals surface area contributed by atoms with Gasteiger partial charge in [-0.05, 0) is 51.4 Å². The Bertz CT molecular complexity index is 163. The van der Waals surface area contributed by atoms with Gasteiger partial charge < -0.3 is 0 Å². The van der Waals surface area contributed by atoms with Crippen LogP contribution in [0.1, 0.15) is 39.0 Å². The number of halogens is 4. The van der Waals surface area contributed by atoms with Gasteiger partial charge >= 0.3 is 4.83 Å². The molecule has 78 valence electrons. The minimum Gasteiger partial charge on any atom is -0.188 e. The van der Waals surface area contributed by atoms with Crippen molar-refractivity contribution >= 4 is 38.5 Å². The number of hydrogen-bond acceptors (Lipinski definition) is 0. The Morgan fingerprint density at radius 1 is 1.38 bits per heavy atom. The normalized spacial score (nSPS) is 13.5. The first-order valence-electron chi connectivity index (χ1n) is 4.41. The van der Waals surface area contributed by atoms with E-state index in [0.29, 0.717) is 0 Å². The van der Waals surface area contributed by atoms with Gasteiger partial charge in [0, 0.05) is 0 Å². The van der Waals surface area contributed by atoms with Crippen molar-refractivity contribution in [2.24, 2.45) is 0 Å². The molecule has 0 unspecified atom stereocenters. The molecule has 0 rings (SSSR count). The summed E-state index contributed by atoms with van der Waals surface area (Å²) in [5.41, 5.74) is 0. The molecule has 0 bridgehead atoms. The second-order valence-electron chi connectivity index (χ2n) is 2.90. The summed E-state index contributed by atoms with van der Waals surface area (Å²) in [4.78, 5) is -2.84. The zero-order valence-corrected chi connectivity index (χ0v) is 11.4. The monoisotopic (exact) mass is 366 g/mol. The first-order valence-corrected chi connectivity index (χ1v) is 6.28. The fourth-order valence-corrected chi connectivity index (χ4v) is 1.39. The standard InChI is InChI=1S/C9H14BrF2I/c1-2-3-4-5-6-7-8(13)9(10,11)12/h7H,2-6H2,1H3. The Kier molecular flexibility index (Phi) is 7.59. The van der Waals surface area contributed by atoms with Gasteiger partial charge in [0.05, 0.1) is 3.58 Å². The quantitative estimate of drug-likeness (QED) is 0.341. The molecule has 0 spiro atoms. The summed E-state index contributed by atoms with van der Waals surface area (Å²) in [6.07, 6.45) is 6.85. The number of alkyl halides is 3. The van der Waals surface area contributed by atoms with Crippen LogP contribution >= 0.6 is 38.5 Å². The van der Waals surface area contributed by atoms with Crippen molar-refractivity contribution in [1.29, 1.82) is 0 Å². The molecule has 0 aromatic carbocycles. The fraction of sp³-hybridized carbons (Fsp3) is 0.778. The van der Waals surface area contributed by atoms with Gasteiger partial charge in [0.1, 0.15) is 0 Å². The van der Waals surface area contributed by atoms with Crippen LogP contribution in [-0.4, -0.2) is 4.83 Å². The average Bonchev–Trinajstić information content (AvgIpc) is 2.02. The molecule has 0 N–H and O–H groups in total. The maximum Gasteiger partial charge on any atom is 0.331 e. The summed E-state index contributed by atoms with van der Waals surface area (Å²) in [6, 6.07) is 0. The van der Waals surface area contributed by atoms with Crippen LogP contribution in [0.25, 0.3) is 0 Å². The predicted octanol–water partition coefficient (Wildman–Crippen LogP) is 5.26. The molecule has 0 aromatic rings. The van der Waals surface area contributed by atoms with Gasteiger partial charge in [0.15, 0.2) is 0 Å². The van der Waals surface area contributed by atoms with E-state index in [1.54, 1.807) is 28.7 Å². The van der Waals surface area contributed by atoms with Crippen molar-refractivity contribution in [3.8, 4) is 0 Å². The van der Waals surface area contributed by atoms with Crippen LogP contribution in [-0.2, 0) is 0 Å². The van der Waals surface area contributed by atoms with Crippen molar-refractivity contribution in [1.82, 2.24) is 0 Å². The Morgan fingerprint density at radius 3 is 2.46 bits per heavy atom. The zero-order valence-electron chi connectivity index (χ0n) is 7.62. The van der Waals surface area contributed by atoms with Crippen molar-refractivity contribution in [2.45, 2.75) is 43.9 Å². The van der Waals surface area contributed by atoms with Crippen molar-refractivity contribution in [2.75, 3.05) is 0 Å². The lowest BCUT2D eigenvalue weighted by atomic mass is 10.1. The molecule has 0 aliphatic rings. The molecule has 0 aliphatic heterocycles. The molecule has 4 heteroatoms. The molecule has 0 heterocycles. The van der Waals surface area contributed by atoms with Crippen LogP contribution < -0.4 is 0 Å². The van der Waals surface area contributed by atoms with Crippen LogP contribution in [0.15, 0.2) is 9.66 Å². The molecule has 0 fully saturated rings. The van der Waals surface area contributed by atoms with E-state index in [9.17, 15) is 8.78 Å². The summed E-state index contributed by atoms with van der Waals surface area (Å²) in [5.74, 6) is 0. The van der Waals surface area contributed by atoms with E-state index in [1.807, 2.05) is 0 Å². The van der Waals surface area contributed by atoms with E-state index in [2.05, 4.69) is 22.9 Å². The smallest absolute Gasteiger partial charge is 0.188 e. The lowest BCUT2D eigenvalue weighted by molar-refractivity contribution is 0.169. The average molecular weight is 367 g/mol. The van der Waals surface area contributed by atoms with Gasteiger partial charge in [-0.25, -0.2) is 0 Å². The largest absolute Gasteiger partial charge is 0.331 e. The van der Waals surface area contributed by atoms with E-state index >= 15 is 0 Å². The highest BCUT2D eigenvalue weighted by Gasteiger charge is 2.27. The minimum absolute atomic E-state index is 0.0848. The van der Waals surface area contributed by atoms with Gasteiger partial charge in [-0.2, -0.15) is 8.78 Å². The van der Waals surface area contributed by atoms with Crippen LogP contribution in [0.5, 0.6) is 0 Å². The minimum atomic E-state index is -2.84. The van der Waals surface area contributed by atoms with Crippen LogP contribution in [0, 0.1) is 0 Å². The molecule has 0 saturated heterocycles. The fourth-order valence-electron chi connectivity index (χ4n) is 0.916.